The average molecular weight is 405 g/mol. The van der Waals surface area contributed by atoms with Crippen LogP contribution in [0.3, 0.4) is 0 Å². The lowest BCUT2D eigenvalue weighted by atomic mass is 9.96. The molecule has 2 aromatic rings. The van der Waals surface area contributed by atoms with Crippen molar-refractivity contribution >= 4 is 26.9 Å². The van der Waals surface area contributed by atoms with E-state index in [0.717, 1.165) is 58.5 Å². The van der Waals surface area contributed by atoms with Crippen molar-refractivity contribution in [3.05, 3.63) is 42.0 Å². The Morgan fingerprint density at radius 1 is 1.18 bits per heavy atom. The van der Waals surface area contributed by atoms with Gasteiger partial charge >= 0.3 is 10.2 Å². The molecule has 152 valence electrons. The molecule has 1 fully saturated rings. The van der Waals surface area contributed by atoms with E-state index in [1.807, 2.05) is 36.4 Å². The van der Waals surface area contributed by atoms with Crippen molar-refractivity contribution < 1.29 is 17.9 Å². The van der Waals surface area contributed by atoms with Gasteiger partial charge in [-0.15, -0.1) is 0 Å². The van der Waals surface area contributed by atoms with E-state index in [1.54, 1.807) is 7.11 Å². The Morgan fingerprint density at radius 2 is 1.93 bits per heavy atom. The summed E-state index contributed by atoms with van der Waals surface area (Å²) in [5.41, 5.74) is 0.982. The highest BCUT2D eigenvalue weighted by Crippen LogP contribution is 2.25. The van der Waals surface area contributed by atoms with Crippen LogP contribution < -0.4 is 9.46 Å². The summed E-state index contributed by atoms with van der Waals surface area (Å²) in [7, 11) is -2.23. The number of carbonyl (C=O) groups excluding carboxylic acids is 1. The number of nitrogens with one attached hydrogen (secondary N) is 1. The van der Waals surface area contributed by atoms with E-state index in [2.05, 4.69) is 4.72 Å². The summed E-state index contributed by atoms with van der Waals surface area (Å²) in [6.07, 6.45) is 5.27. The fourth-order valence-electron chi connectivity index (χ4n) is 3.83. The highest BCUT2D eigenvalue weighted by Gasteiger charge is 2.28. The zero-order chi connectivity index (χ0) is 20.1. The normalized spacial score (nSPS) is 15.5. The van der Waals surface area contributed by atoms with Crippen LogP contribution in [0.25, 0.3) is 10.8 Å². The minimum Gasteiger partial charge on any atom is -0.497 e. The number of fused-ring (bicyclic) bond motifs is 1. The van der Waals surface area contributed by atoms with Gasteiger partial charge in [0.25, 0.3) is 0 Å². The first-order chi connectivity index (χ1) is 13.4. The van der Waals surface area contributed by atoms with Gasteiger partial charge in [0.2, 0.25) is 5.91 Å². The molecule has 1 saturated carbocycles. The number of hydrogen-bond acceptors (Lipinski definition) is 4. The number of carbonyl (C=O) groups is 1. The number of amides is 1. The molecule has 0 aliphatic heterocycles. The van der Waals surface area contributed by atoms with Crippen molar-refractivity contribution in [2.45, 2.75) is 51.5 Å². The van der Waals surface area contributed by atoms with Crippen molar-refractivity contribution in [3.8, 4) is 5.75 Å². The number of ether oxygens (including phenoxy) is 1. The Kier molecular flexibility index (Phi) is 6.57. The van der Waals surface area contributed by atoms with Crippen LogP contribution >= 0.6 is 0 Å². The summed E-state index contributed by atoms with van der Waals surface area (Å²) < 4.78 is 34.6. The summed E-state index contributed by atoms with van der Waals surface area (Å²) in [6.45, 7) is 1.40. The standard InChI is InChI=1S/C21H28N2O4S/c1-16(24)23(28(25,26)22-19-9-4-3-5-10-19)14-13-18-8-6-7-17-11-12-20(27-2)15-21(17)18/h6-8,11-12,15,19,22H,3-5,9-10,13-14H2,1-2H3. The van der Waals surface area contributed by atoms with Gasteiger partial charge in [0.05, 0.1) is 7.11 Å². The summed E-state index contributed by atoms with van der Waals surface area (Å²) in [6, 6.07) is 11.6. The maximum absolute atomic E-state index is 12.8. The minimum atomic E-state index is -3.85. The predicted octanol–water partition coefficient (Wildman–Crippen LogP) is 3.41. The second-order valence-electron chi connectivity index (χ2n) is 7.30. The average Bonchev–Trinajstić information content (AvgIpc) is 2.67. The molecule has 1 N–H and O–H groups in total. The van der Waals surface area contributed by atoms with Gasteiger partial charge in [-0.3, -0.25) is 4.79 Å². The third kappa shape index (κ3) is 4.83. The van der Waals surface area contributed by atoms with Crippen molar-refractivity contribution in [2.24, 2.45) is 0 Å². The summed E-state index contributed by atoms with van der Waals surface area (Å²) in [5.74, 6) is 0.274. The first-order valence-corrected chi connectivity index (χ1v) is 11.2. The van der Waals surface area contributed by atoms with Crippen LogP contribution in [0.15, 0.2) is 36.4 Å². The number of methoxy groups -OCH3 is 1. The molecule has 28 heavy (non-hydrogen) atoms. The molecule has 1 aliphatic carbocycles. The monoisotopic (exact) mass is 404 g/mol. The fraction of sp³-hybridized carbons (Fsp3) is 0.476. The lowest BCUT2D eigenvalue weighted by Crippen LogP contribution is -2.48. The Bertz CT molecular complexity index is 937. The topological polar surface area (TPSA) is 75.7 Å². The van der Waals surface area contributed by atoms with E-state index in [-0.39, 0.29) is 12.6 Å². The SMILES string of the molecule is COc1ccc2cccc(CCN(C(C)=O)S(=O)(=O)NC3CCCCC3)c2c1. The Balaban J connectivity index is 1.78. The highest BCUT2D eigenvalue weighted by atomic mass is 32.2. The zero-order valence-corrected chi connectivity index (χ0v) is 17.3. The molecule has 3 rings (SSSR count). The van der Waals surface area contributed by atoms with Crippen LogP contribution in [-0.2, 0) is 21.4 Å². The molecule has 6 nitrogen and oxygen atoms in total. The molecule has 0 heterocycles. The lowest BCUT2D eigenvalue weighted by molar-refractivity contribution is -0.124. The largest absolute Gasteiger partial charge is 0.497 e. The highest BCUT2D eigenvalue weighted by molar-refractivity contribution is 7.87. The molecule has 0 aromatic heterocycles. The molecule has 0 unspecified atom stereocenters. The zero-order valence-electron chi connectivity index (χ0n) is 16.5. The third-order valence-electron chi connectivity index (χ3n) is 5.33. The molecular formula is C21H28N2O4S. The lowest BCUT2D eigenvalue weighted by Gasteiger charge is -2.27. The van der Waals surface area contributed by atoms with Gasteiger partial charge in [-0.1, -0.05) is 43.5 Å². The Labute approximate surface area is 167 Å². The fourth-order valence-corrected chi connectivity index (χ4v) is 5.28. The van der Waals surface area contributed by atoms with Gasteiger partial charge < -0.3 is 4.74 Å². The van der Waals surface area contributed by atoms with Crippen molar-refractivity contribution in [3.63, 3.8) is 0 Å². The number of rotatable bonds is 7. The maximum atomic E-state index is 12.8. The molecule has 1 aliphatic rings. The first-order valence-electron chi connectivity index (χ1n) is 9.77. The van der Waals surface area contributed by atoms with Crippen LogP contribution in [-0.4, -0.2) is 38.3 Å². The molecule has 2 aromatic carbocycles. The first kappa shape index (κ1) is 20.6. The molecule has 1 amide bonds. The second-order valence-corrected chi connectivity index (χ2v) is 8.93. The van der Waals surface area contributed by atoms with Gasteiger partial charge in [-0.05, 0) is 47.7 Å². The van der Waals surface area contributed by atoms with E-state index in [1.165, 1.54) is 6.92 Å². The number of benzene rings is 2. The molecular weight excluding hydrogens is 376 g/mol. The third-order valence-corrected chi connectivity index (χ3v) is 6.98. The van der Waals surface area contributed by atoms with Gasteiger partial charge in [0.15, 0.2) is 0 Å². The molecule has 0 radical (unpaired) electrons. The van der Waals surface area contributed by atoms with E-state index in [4.69, 9.17) is 4.74 Å². The Hall–Kier alpha value is -2.12. The second kappa shape index (κ2) is 8.92. The summed E-state index contributed by atoms with van der Waals surface area (Å²) in [5, 5.41) is 2.05. The number of hydrogen-bond donors (Lipinski definition) is 1. The quantitative estimate of drug-likeness (QED) is 0.767. The van der Waals surface area contributed by atoms with Gasteiger partial charge in [0.1, 0.15) is 5.75 Å². The van der Waals surface area contributed by atoms with Crippen LogP contribution in [0.5, 0.6) is 5.75 Å². The minimum absolute atomic E-state index is 0.0811. The number of nitrogens with zero attached hydrogens (tertiary/aromatic N) is 1. The molecule has 0 saturated heterocycles. The van der Waals surface area contributed by atoms with Crippen molar-refractivity contribution in [1.29, 1.82) is 0 Å². The summed E-state index contributed by atoms with van der Waals surface area (Å²) >= 11 is 0. The maximum Gasteiger partial charge on any atom is 0.303 e. The summed E-state index contributed by atoms with van der Waals surface area (Å²) in [4.78, 5) is 12.1. The smallest absolute Gasteiger partial charge is 0.303 e. The Morgan fingerprint density at radius 3 is 2.61 bits per heavy atom. The van der Waals surface area contributed by atoms with Crippen LogP contribution in [0.4, 0.5) is 0 Å². The van der Waals surface area contributed by atoms with Crippen molar-refractivity contribution in [2.75, 3.05) is 13.7 Å². The molecule has 0 bridgehead atoms. The van der Waals surface area contributed by atoms with Gasteiger partial charge in [0, 0.05) is 19.5 Å². The van der Waals surface area contributed by atoms with E-state index in [9.17, 15) is 13.2 Å². The van der Waals surface area contributed by atoms with Crippen LogP contribution in [0.2, 0.25) is 0 Å². The van der Waals surface area contributed by atoms with E-state index < -0.39 is 16.1 Å². The van der Waals surface area contributed by atoms with Crippen molar-refractivity contribution in [1.82, 2.24) is 9.03 Å². The van der Waals surface area contributed by atoms with Crippen LogP contribution in [0, 0.1) is 0 Å². The van der Waals surface area contributed by atoms with Gasteiger partial charge in [-0.25, -0.2) is 4.31 Å². The molecule has 0 spiro atoms. The van der Waals surface area contributed by atoms with Crippen LogP contribution in [0.1, 0.15) is 44.6 Å². The van der Waals surface area contributed by atoms with E-state index >= 15 is 0 Å². The molecule has 0 atom stereocenters. The van der Waals surface area contributed by atoms with Gasteiger partial charge in [-0.2, -0.15) is 13.1 Å². The van der Waals surface area contributed by atoms with E-state index in [0.29, 0.717) is 6.42 Å². The molecule has 7 heteroatoms. The predicted molar refractivity (Wildman–Crippen MR) is 111 cm³/mol.